The van der Waals surface area contributed by atoms with Crippen LogP contribution in [-0.2, 0) is 9.53 Å². The summed E-state index contributed by atoms with van der Waals surface area (Å²) in [6.45, 7) is 2.55. The molecule has 2 aromatic heterocycles. The second kappa shape index (κ2) is 7.64. The molecule has 1 aliphatic carbocycles. The molecule has 1 fully saturated rings. The molecular weight excluding hydrogens is 378 g/mol. The molecule has 4 rings (SSSR count). The Kier molecular flexibility index (Phi) is 5.05. The average Bonchev–Trinajstić information content (AvgIpc) is 3.50. The zero-order valence-corrected chi connectivity index (χ0v) is 16.2. The van der Waals surface area contributed by atoms with Gasteiger partial charge in [-0.25, -0.2) is 9.97 Å². The molecule has 0 spiro atoms. The monoisotopic (exact) mass is 397 g/mol. The van der Waals surface area contributed by atoms with Crippen molar-refractivity contribution in [1.29, 1.82) is 0 Å². The molecule has 144 valence electrons. The minimum atomic E-state index is -0.475. The first-order chi connectivity index (χ1) is 13.6. The maximum Gasteiger partial charge on any atom is 0.315 e. The minimum Gasteiger partial charge on any atom is -0.492 e. The highest BCUT2D eigenvalue weighted by atomic mass is 35.5. The summed E-state index contributed by atoms with van der Waals surface area (Å²) in [5.74, 6) is 1.27. The summed E-state index contributed by atoms with van der Waals surface area (Å²) < 4.78 is 11.1. The van der Waals surface area contributed by atoms with Gasteiger partial charge in [0.05, 0.1) is 18.5 Å². The summed E-state index contributed by atoms with van der Waals surface area (Å²) in [4.78, 5) is 20.6. The Hall–Kier alpha value is -2.86. The Morgan fingerprint density at radius 2 is 2.07 bits per heavy atom. The smallest absolute Gasteiger partial charge is 0.315 e. The van der Waals surface area contributed by atoms with Gasteiger partial charge in [0, 0.05) is 11.6 Å². The van der Waals surface area contributed by atoms with E-state index in [0.29, 0.717) is 24.1 Å². The van der Waals surface area contributed by atoms with E-state index in [4.69, 9.17) is 21.1 Å². The highest BCUT2D eigenvalue weighted by molar-refractivity contribution is 6.29. The van der Waals surface area contributed by atoms with Gasteiger partial charge in [0.25, 0.3) is 0 Å². The standard InChI is InChI=1S/C21H20ClN3O3/c1-2-27-20(26)21(8-9-21)13-28-16-4-5-17-14(11-16)7-10-23-19(17)25-15-3-6-18(22)24-12-15/h3-7,10-12H,2,8-9,13H2,1H3,(H,23,25). The number of fused-ring (bicyclic) bond motifs is 1. The maximum atomic E-state index is 12.1. The lowest BCUT2D eigenvalue weighted by molar-refractivity contribution is -0.150. The van der Waals surface area contributed by atoms with Crippen LogP contribution >= 0.6 is 11.6 Å². The molecule has 2 heterocycles. The van der Waals surface area contributed by atoms with Gasteiger partial charge in [-0.3, -0.25) is 4.79 Å². The molecule has 0 aliphatic heterocycles. The van der Waals surface area contributed by atoms with Crippen LogP contribution in [0.3, 0.4) is 0 Å². The van der Waals surface area contributed by atoms with Crippen molar-refractivity contribution in [3.63, 3.8) is 0 Å². The third-order valence-corrected chi connectivity index (χ3v) is 5.03. The molecule has 1 aromatic carbocycles. The van der Waals surface area contributed by atoms with Crippen LogP contribution in [0.25, 0.3) is 10.8 Å². The number of hydrogen-bond donors (Lipinski definition) is 1. The van der Waals surface area contributed by atoms with Gasteiger partial charge in [-0.15, -0.1) is 0 Å². The Morgan fingerprint density at radius 3 is 2.79 bits per heavy atom. The lowest BCUT2D eigenvalue weighted by Crippen LogP contribution is -2.25. The van der Waals surface area contributed by atoms with E-state index in [1.165, 1.54) is 0 Å². The van der Waals surface area contributed by atoms with E-state index in [1.807, 2.05) is 37.3 Å². The molecule has 1 aliphatic rings. The number of halogens is 1. The first-order valence-corrected chi connectivity index (χ1v) is 9.55. The zero-order chi connectivity index (χ0) is 19.6. The number of benzene rings is 1. The van der Waals surface area contributed by atoms with Crippen molar-refractivity contribution in [3.05, 3.63) is 53.9 Å². The van der Waals surface area contributed by atoms with Crippen LogP contribution in [-0.4, -0.2) is 29.2 Å². The van der Waals surface area contributed by atoms with Crippen LogP contribution in [0, 0.1) is 5.41 Å². The third-order valence-electron chi connectivity index (χ3n) is 4.80. The van der Waals surface area contributed by atoms with Crippen molar-refractivity contribution in [1.82, 2.24) is 9.97 Å². The van der Waals surface area contributed by atoms with Gasteiger partial charge in [0.15, 0.2) is 0 Å². The van der Waals surface area contributed by atoms with Crippen LogP contribution in [0.5, 0.6) is 5.75 Å². The number of carbonyl (C=O) groups excluding carboxylic acids is 1. The fourth-order valence-electron chi connectivity index (χ4n) is 3.00. The number of esters is 1. The summed E-state index contributed by atoms with van der Waals surface area (Å²) >= 11 is 5.83. The SMILES string of the molecule is CCOC(=O)C1(COc2ccc3c(Nc4ccc(Cl)nc4)nccc3c2)CC1. The Balaban J connectivity index is 1.50. The number of aromatic nitrogens is 2. The molecule has 28 heavy (non-hydrogen) atoms. The molecule has 1 N–H and O–H groups in total. The number of anilines is 2. The number of nitrogens with zero attached hydrogens (tertiary/aromatic N) is 2. The van der Waals surface area contributed by atoms with Gasteiger partial charge in [-0.2, -0.15) is 0 Å². The van der Waals surface area contributed by atoms with Gasteiger partial charge >= 0.3 is 5.97 Å². The van der Waals surface area contributed by atoms with Gasteiger partial charge in [-0.05, 0) is 61.5 Å². The Bertz CT molecular complexity index is 1000. The van der Waals surface area contributed by atoms with Gasteiger partial charge < -0.3 is 14.8 Å². The fourth-order valence-corrected chi connectivity index (χ4v) is 3.11. The van der Waals surface area contributed by atoms with E-state index in [1.54, 1.807) is 18.5 Å². The summed E-state index contributed by atoms with van der Waals surface area (Å²) in [6.07, 6.45) is 5.02. The van der Waals surface area contributed by atoms with Gasteiger partial charge in [0.1, 0.15) is 28.7 Å². The topological polar surface area (TPSA) is 73.3 Å². The van der Waals surface area contributed by atoms with Crippen LogP contribution < -0.4 is 10.1 Å². The Morgan fingerprint density at radius 1 is 1.21 bits per heavy atom. The zero-order valence-electron chi connectivity index (χ0n) is 15.4. The van der Waals surface area contributed by atoms with E-state index in [0.717, 1.165) is 35.1 Å². The van der Waals surface area contributed by atoms with Crippen LogP contribution in [0.1, 0.15) is 19.8 Å². The van der Waals surface area contributed by atoms with E-state index in [-0.39, 0.29) is 5.97 Å². The molecule has 3 aromatic rings. The molecular formula is C21H20ClN3O3. The molecule has 0 unspecified atom stereocenters. The molecule has 0 saturated heterocycles. The summed E-state index contributed by atoms with van der Waals surface area (Å²) in [5, 5.41) is 5.63. The number of rotatable bonds is 7. The van der Waals surface area contributed by atoms with Crippen molar-refractivity contribution < 1.29 is 14.3 Å². The summed E-state index contributed by atoms with van der Waals surface area (Å²) in [5.41, 5.74) is 0.326. The molecule has 0 amide bonds. The van der Waals surface area contributed by atoms with E-state index >= 15 is 0 Å². The number of nitrogens with one attached hydrogen (secondary N) is 1. The summed E-state index contributed by atoms with van der Waals surface area (Å²) in [7, 11) is 0. The largest absolute Gasteiger partial charge is 0.492 e. The second-order valence-corrected chi connectivity index (χ2v) is 7.21. The molecule has 6 nitrogen and oxygen atoms in total. The minimum absolute atomic E-state index is 0.164. The quantitative estimate of drug-likeness (QED) is 0.458. The molecule has 0 bridgehead atoms. The molecule has 0 atom stereocenters. The number of ether oxygens (including phenoxy) is 2. The lowest BCUT2D eigenvalue weighted by Gasteiger charge is -2.15. The highest BCUT2D eigenvalue weighted by Gasteiger charge is 2.52. The first kappa shape index (κ1) is 18.5. The van der Waals surface area contributed by atoms with Crippen molar-refractivity contribution in [2.75, 3.05) is 18.5 Å². The van der Waals surface area contributed by atoms with Crippen LogP contribution in [0.2, 0.25) is 5.15 Å². The van der Waals surface area contributed by atoms with Crippen molar-refractivity contribution in [2.24, 2.45) is 5.41 Å². The van der Waals surface area contributed by atoms with E-state index in [2.05, 4.69) is 15.3 Å². The van der Waals surface area contributed by atoms with Crippen molar-refractivity contribution in [2.45, 2.75) is 19.8 Å². The summed E-state index contributed by atoms with van der Waals surface area (Å²) in [6, 6.07) is 11.3. The number of hydrogen-bond acceptors (Lipinski definition) is 6. The molecule has 1 saturated carbocycles. The van der Waals surface area contributed by atoms with Crippen LogP contribution in [0.4, 0.5) is 11.5 Å². The predicted molar refractivity (Wildman–Crippen MR) is 108 cm³/mol. The molecule has 7 heteroatoms. The van der Waals surface area contributed by atoms with E-state index in [9.17, 15) is 4.79 Å². The normalized spacial score (nSPS) is 14.5. The first-order valence-electron chi connectivity index (χ1n) is 9.17. The molecule has 0 radical (unpaired) electrons. The van der Waals surface area contributed by atoms with Gasteiger partial charge in [0.2, 0.25) is 0 Å². The number of carbonyl (C=O) groups is 1. The predicted octanol–water partition coefficient (Wildman–Crippen LogP) is 4.75. The third kappa shape index (κ3) is 3.87. The Labute approximate surface area is 167 Å². The van der Waals surface area contributed by atoms with Crippen molar-refractivity contribution in [3.8, 4) is 5.75 Å². The fraction of sp³-hybridized carbons (Fsp3) is 0.286. The van der Waals surface area contributed by atoms with Gasteiger partial charge in [-0.1, -0.05) is 11.6 Å². The second-order valence-electron chi connectivity index (χ2n) is 6.83. The lowest BCUT2D eigenvalue weighted by atomic mass is 10.1. The van der Waals surface area contributed by atoms with E-state index < -0.39 is 5.41 Å². The maximum absolute atomic E-state index is 12.1. The highest BCUT2D eigenvalue weighted by Crippen LogP contribution is 2.47. The van der Waals surface area contributed by atoms with Crippen molar-refractivity contribution >= 4 is 39.8 Å². The van der Waals surface area contributed by atoms with Crippen LogP contribution in [0.15, 0.2) is 48.8 Å². The average molecular weight is 398 g/mol. The number of pyridine rings is 2.